The number of hydrogen-bond donors (Lipinski definition) is 0. The number of hydrogen-bond acceptors (Lipinski definition) is 1. The number of unbranched alkanes of at least 4 members (excludes halogenated alkanes) is 8. The molecule has 2 aromatic rings. The standard InChI is InChI=1S/C25H40N2/c1-3-5-6-7-8-9-10-11-15-18-25(27-20-19-26-22-27)24(4-2)21-23-16-13-12-14-17-23/h12-14,16-17,19-20,22,24-25H,3-11,15,18,21H2,1-2H3. The van der Waals surface area contributed by atoms with Crippen molar-refractivity contribution in [1.82, 2.24) is 9.55 Å². The highest BCUT2D eigenvalue weighted by atomic mass is 15.1. The second kappa shape index (κ2) is 13.6. The highest BCUT2D eigenvalue weighted by molar-refractivity contribution is 5.15. The second-order valence-electron chi connectivity index (χ2n) is 8.05. The molecule has 0 bridgehead atoms. The molecule has 0 fully saturated rings. The van der Waals surface area contributed by atoms with Crippen molar-refractivity contribution in [1.29, 1.82) is 0 Å². The van der Waals surface area contributed by atoms with Crippen LogP contribution < -0.4 is 0 Å². The predicted octanol–water partition coefficient (Wildman–Crippen LogP) is 7.61. The third kappa shape index (κ3) is 8.32. The van der Waals surface area contributed by atoms with Crippen molar-refractivity contribution < 1.29 is 0 Å². The summed E-state index contributed by atoms with van der Waals surface area (Å²) in [6.07, 6.45) is 22.3. The minimum Gasteiger partial charge on any atom is -0.334 e. The molecule has 0 aliphatic rings. The molecule has 0 aliphatic heterocycles. The van der Waals surface area contributed by atoms with E-state index in [1.54, 1.807) is 0 Å². The second-order valence-corrected chi connectivity index (χ2v) is 8.05. The molecule has 2 atom stereocenters. The molecule has 2 nitrogen and oxygen atoms in total. The van der Waals surface area contributed by atoms with Crippen molar-refractivity contribution in [2.45, 2.75) is 96.9 Å². The Labute approximate surface area is 167 Å². The zero-order valence-electron chi connectivity index (χ0n) is 17.7. The van der Waals surface area contributed by atoms with Crippen LogP contribution in [0.2, 0.25) is 0 Å². The molecule has 1 aromatic heterocycles. The third-order valence-corrected chi connectivity index (χ3v) is 5.92. The molecule has 0 aliphatic carbocycles. The molecule has 2 heteroatoms. The van der Waals surface area contributed by atoms with Gasteiger partial charge in [0.15, 0.2) is 0 Å². The topological polar surface area (TPSA) is 17.8 Å². The normalized spacial score (nSPS) is 13.6. The molecular formula is C25H40N2. The zero-order chi connectivity index (χ0) is 19.2. The van der Waals surface area contributed by atoms with Gasteiger partial charge in [-0.3, -0.25) is 0 Å². The lowest BCUT2D eigenvalue weighted by molar-refractivity contribution is 0.290. The van der Waals surface area contributed by atoms with Gasteiger partial charge in [0.25, 0.3) is 0 Å². The highest BCUT2D eigenvalue weighted by Crippen LogP contribution is 2.30. The van der Waals surface area contributed by atoms with E-state index >= 15 is 0 Å². The van der Waals surface area contributed by atoms with Crippen molar-refractivity contribution in [3.8, 4) is 0 Å². The van der Waals surface area contributed by atoms with E-state index in [0.717, 1.165) is 6.42 Å². The van der Waals surface area contributed by atoms with Crippen LogP contribution in [0.25, 0.3) is 0 Å². The van der Waals surface area contributed by atoms with Crippen LogP contribution in [0.15, 0.2) is 49.1 Å². The number of nitrogens with zero attached hydrogens (tertiary/aromatic N) is 2. The van der Waals surface area contributed by atoms with E-state index in [9.17, 15) is 0 Å². The van der Waals surface area contributed by atoms with Crippen LogP contribution in [0.3, 0.4) is 0 Å². The highest BCUT2D eigenvalue weighted by Gasteiger charge is 2.21. The Hall–Kier alpha value is -1.57. The summed E-state index contributed by atoms with van der Waals surface area (Å²) in [5.41, 5.74) is 1.46. The van der Waals surface area contributed by atoms with Gasteiger partial charge in [-0.1, -0.05) is 108 Å². The quantitative estimate of drug-likeness (QED) is 0.296. The minimum atomic E-state index is 0.572. The van der Waals surface area contributed by atoms with Crippen LogP contribution in [0.1, 0.15) is 96.1 Å². The van der Waals surface area contributed by atoms with Gasteiger partial charge < -0.3 is 4.57 Å². The van der Waals surface area contributed by atoms with Crippen LogP contribution in [0, 0.1) is 5.92 Å². The minimum absolute atomic E-state index is 0.572. The van der Waals surface area contributed by atoms with Crippen molar-refractivity contribution in [3.63, 3.8) is 0 Å². The summed E-state index contributed by atoms with van der Waals surface area (Å²) >= 11 is 0. The van der Waals surface area contributed by atoms with Gasteiger partial charge in [-0.2, -0.15) is 0 Å². The zero-order valence-corrected chi connectivity index (χ0v) is 17.7. The van der Waals surface area contributed by atoms with E-state index in [2.05, 4.69) is 59.9 Å². The maximum Gasteiger partial charge on any atom is 0.0948 e. The van der Waals surface area contributed by atoms with E-state index in [0.29, 0.717) is 12.0 Å². The summed E-state index contributed by atoms with van der Waals surface area (Å²) in [5, 5.41) is 0. The fourth-order valence-electron chi connectivity index (χ4n) is 4.23. The van der Waals surface area contributed by atoms with E-state index < -0.39 is 0 Å². The van der Waals surface area contributed by atoms with Gasteiger partial charge in [-0.15, -0.1) is 0 Å². The smallest absolute Gasteiger partial charge is 0.0948 e. The fraction of sp³-hybridized carbons (Fsp3) is 0.640. The van der Waals surface area contributed by atoms with Crippen LogP contribution in [0.5, 0.6) is 0 Å². The molecule has 2 rings (SSSR count). The summed E-state index contributed by atoms with van der Waals surface area (Å²) in [4.78, 5) is 4.32. The van der Waals surface area contributed by atoms with E-state index in [1.165, 1.54) is 76.2 Å². The molecule has 150 valence electrons. The van der Waals surface area contributed by atoms with Gasteiger partial charge in [-0.05, 0) is 24.3 Å². The van der Waals surface area contributed by atoms with Crippen molar-refractivity contribution in [3.05, 3.63) is 54.6 Å². The molecule has 0 saturated heterocycles. The van der Waals surface area contributed by atoms with Crippen molar-refractivity contribution >= 4 is 0 Å². The molecule has 27 heavy (non-hydrogen) atoms. The van der Waals surface area contributed by atoms with Gasteiger partial charge in [0.1, 0.15) is 0 Å². The third-order valence-electron chi connectivity index (χ3n) is 5.92. The lowest BCUT2D eigenvalue weighted by atomic mass is 9.86. The Balaban J connectivity index is 1.78. The average molecular weight is 369 g/mol. The lowest BCUT2D eigenvalue weighted by Gasteiger charge is -2.28. The molecular weight excluding hydrogens is 328 g/mol. The number of aromatic nitrogens is 2. The fourth-order valence-corrected chi connectivity index (χ4v) is 4.23. The van der Waals surface area contributed by atoms with Gasteiger partial charge >= 0.3 is 0 Å². The van der Waals surface area contributed by atoms with Crippen LogP contribution in [-0.4, -0.2) is 9.55 Å². The lowest BCUT2D eigenvalue weighted by Crippen LogP contribution is -2.20. The monoisotopic (exact) mass is 368 g/mol. The van der Waals surface area contributed by atoms with E-state index in [-0.39, 0.29) is 0 Å². The first-order chi connectivity index (χ1) is 13.3. The maximum atomic E-state index is 4.32. The number of rotatable bonds is 15. The Bertz CT molecular complexity index is 561. The van der Waals surface area contributed by atoms with Crippen molar-refractivity contribution in [2.24, 2.45) is 5.92 Å². The first-order valence-electron chi connectivity index (χ1n) is 11.4. The summed E-state index contributed by atoms with van der Waals surface area (Å²) in [5.74, 6) is 0.677. The Morgan fingerprint density at radius 3 is 2.11 bits per heavy atom. The summed E-state index contributed by atoms with van der Waals surface area (Å²) in [6, 6.07) is 11.5. The summed E-state index contributed by atoms with van der Waals surface area (Å²) in [6.45, 7) is 4.63. The number of imidazole rings is 1. The predicted molar refractivity (Wildman–Crippen MR) is 117 cm³/mol. The van der Waals surface area contributed by atoms with Gasteiger partial charge in [0.2, 0.25) is 0 Å². The van der Waals surface area contributed by atoms with Gasteiger partial charge in [0.05, 0.1) is 6.33 Å². The Morgan fingerprint density at radius 1 is 0.852 bits per heavy atom. The molecule has 0 radical (unpaired) electrons. The first-order valence-corrected chi connectivity index (χ1v) is 11.4. The molecule has 2 unspecified atom stereocenters. The summed E-state index contributed by atoms with van der Waals surface area (Å²) < 4.78 is 2.36. The number of benzene rings is 1. The van der Waals surface area contributed by atoms with E-state index in [1.807, 2.05) is 12.5 Å². The largest absolute Gasteiger partial charge is 0.334 e. The molecule has 0 amide bonds. The Morgan fingerprint density at radius 2 is 1.52 bits per heavy atom. The average Bonchev–Trinajstić information content (AvgIpc) is 3.23. The maximum absolute atomic E-state index is 4.32. The molecule has 0 saturated carbocycles. The van der Waals surface area contributed by atoms with E-state index in [4.69, 9.17) is 0 Å². The van der Waals surface area contributed by atoms with Gasteiger partial charge in [0, 0.05) is 18.4 Å². The molecule has 1 heterocycles. The molecule has 0 N–H and O–H groups in total. The van der Waals surface area contributed by atoms with Crippen molar-refractivity contribution in [2.75, 3.05) is 0 Å². The van der Waals surface area contributed by atoms with Crippen LogP contribution >= 0.6 is 0 Å². The molecule has 0 spiro atoms. The first kappa shape index (κ1) is 21.7. The van der Waals surface area contributed by atoms with Crippen LogP contribution in [0.4, 0.5) is 0 Å². The van der Waals surface area contributed by atoms with Crippen LogP contribution in [-0.2, 0) is 6.42 Å². The Kier molecular flexibility index (Phi) is 10.9. The van der Waals surface area contributed by atoms with Gasteiger partial charge in [-0.25, -0.2) is 4.98 Å². The SMILES string of the molecule is CCCCCCCCCCCC(C(CC)Cc1ccccc1)n1ccnc1. The summed E-state index contributed by atoms with van der Waals surface area (Å²) in [7, 11) is 0. The molecule has 1 aromatic carbocycles.